The van der Waals surface area contributed by atoms with Gasteiger partial charge in [0.25, 0.3) is 0 Å². The number of nitriles is 1. The third-order valence-corrected chi connectivity index (χ3v) is 6.22. The van der Waals surface area contributed by atoms with Gasteiger partial charge in [0.2, 0.25) is 5.91 Å². The molecule has 1 saturated heterocycles. The minimum Gasteiger partial charge on any atom is -0.497 e. The standard InChI is InChI=1S/C27H30N6O4/c1-3-37-27(35)33-16-14-32(15-17-33)25-24(30-22-6-4-5-7-23(22)31-25)21(18-28)26(34)29-13-12-19-8-10-20(36-2)11-9-19/h4-11,21H,3,12-17H2,1-2H3,(H,29,34). The molecule has 2 aromatic carbocycles. The van der Waals surface area contributed by atoms with Crippen LogP contribution in [0.1, 0.15) is 24.1 Å². The van der Waals surface area contributed by atoms with E-state index < -0.39 is 11.8 Å². The molecule has 2 amide bonds. The van der Waals surface area contributed by atoms with Crippen molar-refractivity contribution in [2.45, 2.75) is 19.3 Å². The van der Waals surface area contributed by atoms with Gasteiger partial charge in [-0.1, -0.05) is 24.3 Å². The van der Waals surface area contributed by atoms with E-state index in [9.17, 15) is 14.9 Å². The number of piperazine rings is 1. The molecule has 192 valence electrons. The Balaban J connectivity index is 1.52. The fraction of sp³-hybridized carbons (Fsp3) is 0.370. The number of para-hydroxylation sites is 2. The Labute approximate surface area is 215 Å². The summed E-state index contributed by atoms with van der Waals surface area (Å²) < 4.78 is 10.3. The minimum absolute atomic E-state index is 0.313. The number of fused-ring (bicyclic) bond motifs is 1. The predicted octanol–water partition coefficient (Wildman–Crippen LogP) is 2.88. The lowest BCUT2D eigenvalue weighted by Gasteiger charge is -2.35. The highest BCUT2D eigenvalue weighted by atomic mass is 16.6. The normalized spacial score (nSPS) is 14.1. The van der Waals surface area contributed by atoms with Crippen LogP contribution in [0.4, 0.5) is 10.6 Å². The van der Waals surface area contributed by atoms with Crippen LogP contribution in [0.3, 0.4) is 0 Å². The number of carbonyl (C=O) groups excluding carboxylic acids is 2. The second-order valence-electron chi connectivity index (χ2n) is 8.55. The number of aromatic nitrogens is 2. The van der Waals surface area contributed by atoms with E-state index in [1.165, 1.54) is 0 Å². The summed E-state index contributed by atoms with van der Waals surface area (Å²) in [5.74, 6) is -0.306. The first kappa shape index (κ1) is 25.7. The molecule has 0 spiro atoms. The van der Waals surface area contributed by atoms with Crippen molar-refractivity contribution in [3.8, 4) is 11.8 Å². The number of rotatable bonds is 8. The highest BCUT2D eigenvalue weighted by Gasteiger charge is 2.31. The van der Waals surface area contributed by atoms with Crippen molar-refractivity contribution in [3.63, 3.8) is 0 Å². The van der Waals surface area contributed by atoms with Crippen molar-refractivity contribution in [1.82, 2.24) is 20.2 Å². The Morgan fingerprint density at radius 3 is 2.35 bits per heavy atom. The molecule has 1 aliphatic heterocycles. The van der Waals surface area contributed by atoms with Crippen LogP contribution in [0.5, 0.6) is 5.75 Å². The molecule has 2 heterocycles. The van der Waals surface area contributed by atoms with Gasteiger partial charge in [-0.15, -0.1) is 0 Å². The van der Waals surface area contributed by atoms with Gasteiger partial charge < -0.3 is 24.6 Å². The summed E-state index contributed by atoms with van der Waals surface area (Å²) in [4.78, 5) is 38.4. The molecule has 0 aliphatic carbocycles. The number of nitrogens with one attached hydrogen (secondary N) is 1. The summed E-state index contributed by atoms with van der Waals surface area (Å²) in [6, 6.07) is 17.1. The Kier molecular flexibility index (Phi) is 8.36. The van der Waals surface area contributed by atoms with Crippen LogP contribution in [0.25, 0.3) is 11.0 Å². The van der Waals surface area contributed by atoms with Crippen LogP contribution in [-0.2, 0) is 16.0 Å². The number of hydrogen-bond acceptors (Lipinski definition) is 8. The largest absolute Gasteiger partial charge is 0.497 e. The maximum Gasteiger partial charge on any atom is 0.409 e. The van der Waals surface area contributed by atoms with E-state index in [-0.39, 0.29) is 6.09 Å². The summed E-state index contributed by atoms with van der Waals surface area (Å²) >= 11 is 0. The molecule has 1 N–H and O–H groups in total. The van der Waals surface area contributed by atoms with Crippen LogP contribution >= 0.6 is 0 Å². The van der Waals surface area contributed by atoms with E-state index in [1.54, 1.807) is 18.9 Å². The van der Waals surface area contributed by atoms with Gasteiger partial charge in [0.15, 0.2) is 11.7 Å². The van der Waals surface area contributed by atoms with Crippen LogP contribution in [0, 0.1) is 11.3 Å². The number of nitrogens with zero attached hydrogens (tertiary/aromatic N) is 5. The van der Waals surface area contributed by atoms with Crippen molar-refractivity contribution in [3.05, 3.63) is 59.8 Å². The molecular weight excluding hydrogens is 472 g/mol. The SMILES string of the molecule is CCOC(=O)N1CCN(c2nc3ccccc3nc2C(C#N)C(=O)NCCc2ccc(OC)cc2)CC1. The lowest BCUT2D eigenvalue weighted by Crippen LogP contribution is -2.49. The quantitative estimate of drug-likeness (QED) is 0.499. The van der Waals surface area contributed by atoms with Gasteiger partial charge in [-0.2, -0.15) is 5.26 Å². The number of anilines is 1. The molecule has 1 aliphatic rings. The van der Waals surface area contributed by atoms with Gasteiger partial charge in [-0.25, -0.2) is 14.8 Å². The van der Waals surface area contributed by atoms with Gasteiger partial charge >= 0.3 is 6.09 Å². The molecule has 4 rings (SSSR count). The Hall–Kier alpha value is -4.39. The van der Waals surface area contributed by atoms with Gasteiger partial charge in [0.1, 0.15) is 11.4 Å². The monoisotopic (exact) mass is 502 g/mol. The van der Waals surface area contributed by atoms with Crippen LogP contribution in [0.2, 0.25) is 0 Å². The summed E-state index contributed by atoms with van der Waals surface area (Å²) in [6.07, 6.45) is 0.262. The minimum atomic E-state index is -1.13. The second-order valence-corrected chi connectivity index (χ2v) is 8.55. The summed E-state index contributed by atoms with van der Waals surface area (Å²) in [6.45, 7) is 4.31. The summed E-state index contributed by atoms with van der Waals surface area (Å²) in [5, 5.41) is 12.9. The molecule has 0 bridgehead atoms. The van der Waals surface area contributed by atoms with Crippen molar-refractivity contribution in [1.29, 1.82) is 5.26 Å². The molecule has 0 radical (unpaired) electrons. The van der Waals surface area contributed by atoms with Crippen LogP contribution < -0.4 is 15.0 Å². The predicted molar refractivity (Wildman–Crippen MR) is 138 cm³/mol. The number of benzene rings is 2. The summed E-state index contributed by atoms with van der Waals surface area (Å²) in [7, 11) is 1.61. The van der Waals surface area contributed by atoms with Crippen LogP contribution in [-0.4, -0.2) is 73.3 Å². The summed E-state index contributed by atoms with van der Waals surface area (Å²) in [5.41, 5.74) is 2.64. The van der Waals surface area contributed by atoms with Gasteiger partial charge in [-0.3, -0.25) is 4.79 Å². The lowest BCUT2D eigenvalue weighted by atomic mass is 10.0. The van der Waals surface area contributed by atoms with Crippen molar-refractivity contribution in [2.24, 2.45) is 0 Å². The number of carbonyl (C=O) groups is 2. The second kappa shape index (κ2) is 12.0. The third-order valence-electron chi connectivity index (χ3n) is 6.22. The zero-order chi connectivity index (χ0) is 26.2. The van der Waals surface area contributed by atoms with Gasteiger partial charge in [0.05, 0.1) is 30.8 Å². The zero-order valence-corrected chi connectivity index (χ0v) is 21.0. The topological polar surface area (TPSA) is 121 Å². The number of methoxy groups -OCH3 is 1. The number of ether oxygens (including phenoxy) is 2. The van der Waals surface area contributed by atoms with Gasteiger partial charge in [0, 0.05) is 32.7 Å². The molecule has 10 heteroatoms. The van der Waals surface area contributed by atoms with Crippen molar-refractivity contribution < 1.29 is 19.1 Å². The Bertz CT molecular complexity index is 1280. The van der Waals surface area contributed by atoms with E-state index in [0.717, 1.165) is 11.3 Å². The smallest absolute Gasteiger partial charge is 0.409 e. The molecule has 1 atom stereocenters. The van der Waals surface area contributed by atoms with E-state index in [4.69, 9.17) is 19.4 Å². The van der Waals surface area contributed by atoms with Crippen molar-refractivity contribution >= 4 is 28.9 Å². The molecule has 3 aromatic rings. The molecule has 1 aromatic heterocycles. The molecular formula is C27H30N6O4. The first-order chi connectivity index (χ1) is 18.0. The third kappa shape index (κ3) is 6.06. The molecule has 0 saturated carbocycles. The molecule has 1 unspecified atom stereocenters. The van der Waals surface area contributed by atoms with E-state index in [2.05, 4.69) is 11.4 Å². The zero-order valence-electron chi connectivity index (χ0n) is 21.0. The average Bonchev–Trinajstić information content (AvgIpc) is 2.93. The van der Waals surface area contributed by atoms with Crippen molar-refractivity contribution in [2.75, 3.05) is 51.3 Å². The first-order valence-corrected chi connectivity index (χ1v) is 12.3. The molecule has 1 fully saturated rings. The Morgan fingerprint density at radius 1 is 1.05 bits per heavy atom. The molecule has 10 nitrogen and oxygen atoms in total. The lowest BCUT2D eigenvalue weighted by molar-refractivity contribution is -0.121. The first-order valence-electron chi connectivity index (χ1n) is 12.3. The maximum absolute atomic E-state index is 13.1. The fourth-order valence-corrected chi connectivity index (χ4v) is 4.21. The molecule has 37 heavy (non-hydrogen) atoms. The average molecular weight is 503 g/mol. The van der Waals surface area contributed by atoms with E-state index >= 15 is 0 Å². The van der Waals surface area contributed by atoms with E-state index in [1.807, 2.05) is 53.4 Å². The van der Waals surface area contributed by atoms with Gasteiger partial charge in [-0.05, 0) is 43.2 Å². The number of amides is 2. The Morgan fingerprint density at radius 2 is 1.73 bits per heavy atom. The number of hydrogen-bond donors (Lipinski definition) is 1. The van der Waals surface area contributed by atoms with Crippen LogP contribution in [0.15, 0.2) is 48.5 Å². The maximum atomic E-state index is 13.1. The highest BCUT2D eigenvalue weighted by molar-refractivity contribution is 5.89. The highest BCUT2D eigenvalue weighted by Crippen LogP contribution is 2.28. The fourth-order valence-electron chi connectivity index (χ4n) is 4.21. The van der Waals surface area contributed by atoms with E-state index in [0.29, 0.717) is 68.3 Å².